The predicted octanol–water partition coefficient (Wildman–Crippen LogP) is 4.25. The minimum atomic E-state index is -0.0843. The first-order valence-electron chi connectivity index (χ1n) is 7.21. The number of hydrogen-bond acceptors (Lipinski definition) is 2. The molecule has 0 saturated carbocycles. The van der Waals surface area contributed by atoms with E-state index in [1.54, 1.807) is 0 Å². The number of hydrogen-bond donors (Lipinski definition) is 0. The van der Waals surface area contributed by atoms with Crippen LogP contribution in [-0.4, -0.2) is 12.6 Å². The van der Waals surface area contributed by atoms with E-state index in [1.165, 1.54) is 16.7 Å². The van der Waals surface area contributed by atoms with E-state index in [0.29, 0.717) is 12.5 Å². The molecule has 2 heteroatoms. The summed E-state index contributed by atoms with van der Waals surface area (Å²) in [4.78, 5) is 11.6. The molecule has 0 N–H and O–H groups in total. The molecule has 0 aliphatic carbocycles. The van der Waals surface area contributed by atoms with Crippen LogP contribution >= 0.6 is 0 Å². The van der Waals surface area contributed by atoms with Gasteiger partial charge in [0, 0.05) is 6.42 Å². The molecule has 0 saturated heterocycles. The summed E-state index contributed by atoms with van der Waals surface area (Å²) >= 11 is 0. The Morgan fingerprint density at radius 3 is 2.47 bits per heavy atom. The molecule has 0 bridgehead atoms. The van der Waals surface area contributed by atoms with Crippen LogP contribution in [0.4, 0.5) is 0 Å². The Labute approximate surface area is 117 Å². The van der Waals surface area contributed by atoms with E-state index < -0.39 is 0 Å². The van der Waals surface area contributed by atoms with Gasteiger partial charge in [0.15, 0.2) is 0 Å². The van der Waals surface area contributed by atoms with Gasteiger partial charge in [-0.1, -0.05) is 45.9 Å². The number of ether oxygens (including phenoxy) is 1. The van der Waals surface area contributed by atoms with E-state index in [1.807, 2.05) is 13.8 Å². The van der Waals surface area contributed by atoms with Crippen molar-refractivity contribution in [3.05, 3.63) is 34.9 Å². The summed E-state index contributed by atoms with van der Waals surface area (Å²) in [5, 5.41) is 0. The fraction of sp³-hybridized carbons (Fsp3) is 0.588. The first kappa shape index (κ1) is 15.7. The summed E-state index contributed by atoms with van der Waals surface area (Å²) < 4.78 is 5.29. The Morgan fingerprint density at radius 2 is 1.95 bits per heavy atom. The first-order valence-corrected chi connectivity index (χ1v) is 7.21. The van der Waals surface area contributed by atoms with E-state index in [0.717, 1.165) is 12.8 Å². The van der Waals surface area contributed by atoms with E-state index in [2.05, 4.69) is 39.0 Å². The van der Waals surface area contributed by atoms with Gasteiger partial charge in [0.1, 0.15) is 0 Å². The summed E-state index contributed by atoms with van der Waals surface area (Å²) in [7, 11) is 0. The normalized spacial score (nSPS) is 12.5. The second-order valence-electron chi connectivity index (χ2n) is 5.57. The van der Waals surface area contributed by atoms with Crippen molar-refractivity contribution in [1.29, 1.82) is 0 Å². The molecule has 1 aromatic rings. The Hall–Kier alpha value is -1.31. The van der Waals surface area contributed by atoms with Gasteiger partial charge < -0.3 is 4.74 Å². The smallest absolute Gasteiger partial charge is 0.308 e. The number of rotatable bonds is 6. The zero-order chi connectivity index (χ0) is 14.4. The van der Waals surface area contributed by atoms with Crippen molar-refractivity contribution in [2.45, 2.75) is 53.4 Å². The van der Waals surface area contributed by atoms with Gasteiger partial charge in [0.25, 0.3) is 0 Å². The third-order valence-corrected chi connectivity index (χ3v) is 3.66. The lowest BCUT2D eigenvalue weighted by atomic mass is 9.97. The highest BCUT2D eigenvalue weighted by atomic mass is 16.5. The maximum absolute atomic E-state index is 11.6. The molecule has 1 aromatic carbocycles. The second-order valence-corrected chi connectivity index (χ2v) is 5.57. The van der Waals surface area contributed by atoms with Crippen molar-refractivity contribution in [2.75, 3.05) is 6.61 Å². The molecule has 19 heavy (non-hydrogen) atoms. The van der Waals surface area contributed by atoms with Crippen molar-refractivity contribution in [2.24, 2.45) is 5.92 Å². The van der Waals surface area contributed by atoms with Gasteiger partial charge in [-0.05, 0) is 36.0 Å². The average molecular weight is 262 g/mol. The van der Waals surface area contributed by atoms with Crippen molar-refractivity contribution in [1.82, 2.24) is 0 Å². The van der Waals surface area contributed by atoms with Gasteiger partial charge >= 0.3 is 5.97 Å². The van der Waals surface area contributed by atoms with Crippen LogP contribution in [0.25, 0.3) is 0 Å². The minimum absolute atomic E-state index is 0.00409. The van der Waals surface area contributed by atoms with Crippen LogP contribution < -0.4 is 0 Å². The molecule has 106 valence electrons. The Kier molecular flexibility index (Phi) is 6.07. The van der Waals surface area contributed by atoms with E-state index in [-0.39, 0.29) is 11.9 Å². The molecule has 1 unspecified atom stereocenters. The fourth-order valence-corrected chi connectivity index (χ4v) is 1.93. The molecule has 1 rings (SSSR count). The fourth-order valence-electron chi connectivity index (χ4n) is 1.93. The second kappa shape index (κ2) is 7.32. The van der Waals surface area contributed by atoms with Gasteiger partial charge in [0.05, 0.1) is 12.5 Å². The third-order valence-electron chi connectivity index (χ3n) is 3.66. The Balaban J connectivity index is 2.52. The molecule has 0 heterocycles. The zero-order valence-corrected chi connectivity index (χ0v) is 12.8. The van der Waals surface area contributed by atoms with Crippen LogP contribution in [0.1, 0.15) is 56.7 Å². The molecule has 0 spiro atoms. The number of aryl methyl sites for hydroxylation is 1. The number of benzene rings is 1. The third kappa shape index (κ3) is 4.70. The molecule has 0 aromatic heterocycles. The van der Waals surface area contributed by atoms with Crippen LogP contribution in [0.2, 0.25) is 0 Å². The molecular weight excluding hydrogens is 236 g/mol. The molecule has 0 fully saturated rings. The summed E-state index contributed by atoms with van der Waals surface area (Å²) in [6.07, 6.45) is 1.63. The zero-order valence-electron chi connectivity index (χ0n) is 12.8. The molecule has 0 aliphatic rings. The highest BCUT2D eigenvalue weighted by molar-refractivity contribution is 5.71. The van der Waals surface area contributed by atoms with Crippen LogP contribution in [-0.2, 0) is 16.0 Å². The van der Waals surface area contributed by atoms with E-state index in [4.69, 9.17) is 4.74 Å². The summed E-state index contributed by atoms with van der Waals surface area (Å²) in [5.41, 5.74) is 3.91. The topological polar surface area (TPSA) is 26.3 Å². The van der Waals surface area contributed by atoms with Crippen molar-refractivity contribution < 1.29 is 9.53 Å². The van der Waals surface area contributed by atoms with Crippen LogP contribution in [0, 0.1) is 12.8 Å². The van der Waals surface area contributed by atoms with Gasteiger partial charge in [-0.15, -0.1) is 0 Å². The lowest BCUT2D eigenvalue weighted by Crippen LogP contribution is -2.15. The van der Waals surface area contributed by atoms with Crippen LogP contribution in [0.5, 0.6) is 0 Å². The van der Waals surface area contributed by atoms with Crippen molar-refractivity contribution in [3.63, 3.8) is 0 Å². The average Bonchev–Trinajstić information content (AvgIpc) is 2.39. The molecule has 1 atom stereocenters. The SMILES string of the molecule is CCC(C)C(=O)OCCc1ccc(C(C)C)cc1C. The summed E-state index contributed by atoms with van der Waals surface area (Å²) in [6.45, 7) is 10.9. The van der Waals surface area contributed by atoms with Crippen LogP contribution in [0.3, 0.4) is 0 Å². The Bertz CT molecular complexity index is 421. The van der Waals surface area contributed by atoms with Crippen molar-refractivity contribution >= 4 is 5.97 Å². The largest absolute Gasteiger partial charge is 0.465 e. The lowest BCUT2D eigenvalue weighted by Gasteiger charge is -2.12. The number of carbonyl (C=O) groups excluding carboxylic acids is 1. The maximum atomic E-state index is 11.6. The van der Waals surface area contributed by atoms with Gasteiger partial charge in [-0.3, -0.25) is 4.79 Å². The highest BCUT2D eigenvalue weighted by Crippen LogP contribution is 2.19. The van der Waals surface area contributed by atoms with Gasteiger partial charge in [-0.25, -0.2) is 0 Å². The van der Waals surface area contributed by atoms with Gasteiger partial charge in [0.2, 0.25) is 0 Å². The lowest BCUT2D eigenvalue weighted by molar-refractivity contribution is -0.147. The minimum Gasteiger partial charge on any atom is -0.465 e. The Morgan fingerprint density at radius 1 is 1.26 bits per heavy atom. The van der Waals surface area contributed by atoms with Crippen molar-refractivity contribution in [3.8, 4) is 0 Å². The standard InChI is InChI=1S/C17H26O2/c1-6-13(4)17(18)19-10-9-15-7-8-16(12(2)3)11-14(15)5/h7-8,11-13H,6,9-10H2,1-5H3. The predicted molar refractivity (Wildman–Crippen MR) is 79.4 cm³/mol. The number of carbonyl (C=O) groups is 1. The summed E-state index contributed by atoms with van der Waals surface area (Å²) in [6, 6.07) is 6.56. The van der Waals surface area contributed by atoms with E-state index >= 15 is 0 Å². The monoisotopic (exact) mass is 262 g/mol. The summed E-state index contributed by atoms with van der Waals surface area (Å²) in [5.74, 6) is 0.472. The highest BCUT2D eigenvalue weighted by Gasteiger charge is 2.11. The first-order chi connectivity index (χ1) is 8.95. The van der Waals surface area contributed by atoms with E-state index in [9.17, 15) is 4.79 Å². The van der Waals surface area contributed by atoms with Gasteiger partial charge in [-0.2, -0.15) is 0 Å². The molecule has 0 radical (unpaired) electrons. The molecule has 2 nitrogen and oxygen atoms in total. The molecular formula is C17H26O2. The quantitative estimate of drug-likeness (QED) is 0.716. The molecule has 0 amide bonds. The maximum Gasteiger partial charge on any atom is 0.308 e. The number of esters is 1. The van der Waals surface area contributed by atoms with Crippen LogP contribution in [0.15, 0.2) is 18.2 Å². The molecule has 0 aliphatic heterocycles.